The highest BCUT2D eigenvalue weighted by atomic mass is 32.1. The van der Waals surface area contributed by atoms with Crippen LogP contribution >= 0.6 is 11.3 Å². The molecule has 0 aromatic carbocycles. The van der Waals surface area contributed by atoms with Crippen LogP contribution in [0.4, 0.5) is 5.82 Å². The molecule has 2 aromatic rings. The lowest BCUT2D eigenvalue weighted by molar-refractivity contribution is 0.0954. The fraction of sp³-hybridized carbons (Fsp3) is 0.375. The molecular formula is C16H21N3OS. The number of nitrogens with one attached hydrogen (secondary N) is 2. The van der Waals surface area contributed by atoms with Gasteiger partial charge in [-0.05, 0) is 54.3 Å². The highest BCUT2D eigenvalue weighted by Crippen LogP contribution is 2.11. The topological polar surface area (TPSA) is 54.0 Å². The minimum atomic E-state index is -0.0403. The van der Waals surface area contributed by atoms with Gasteiger partial charge in [0.1, 0.15) is 5.82 Å². The second-order valence-corrected chi connectivity index (χ2v) is 5.53. The molecule has 5 heteroatoms. The summed E-state index contributed by atoms with van der Waals surface area (Å²) < 4.78 is 0. The highest BCUT2D eigenvalue weighted by Gasteiger charge is 2.09. The van der Waals surface area contributed by atoms with Gasteiger partial charge in [-0.1, -0.05) is 6.92 Å². The number of hydrogen-bond acceptors (Lipinski definition) is 4. The van der Waals surface area contributed by atoms with Gasteiger partial charge in [0.05, 0.1) is 0 Å². The third kappa shape index (κ3) is 4.56. The number of hydrogen-bond donors (Lipinski definition) is 2. The zero-order valence-corrected chi connectivity index (χ0v) is 13.3. The number of amides is 1. The number of nitrogens with zero attached hydrogens (tertiary/aromatic N) is 1. The summed E-state index contributed by atoms with van der Waals surface area (Å²) in [4.78, 5) is 16.7. The molecule has 0 fully saturated rings. The predicted molar refractivity (Wildman–Crippen MR) is 88.1 cm³/mol. The monoisotopic (exact) mass is 303 g/mol. The Morgan fingerprint density at radius 1 is 1.33 bits per heavy atom. The average molecular weight is 303 g/mol. The van der Waals surface area contributed by atoms with E-state index in [2.05, 4.69) is 32.4 Å². The first-order valence-electron chi connectivity index (χ1n) is 7.27. The van der Waals surface area contributed by atoms with E-state index in [1.807, 2.05) is 26.0 Å². The minimum absolute atomic E-state index is 0.0403. The molecule has 2 N–H and O–H groups in total. The molecule has 2 heterocycles. The Morgan fingerprint density at radius 3 is 2.86 bits per heavy atom. The molecule has 0 aliphatic heterocycles. The van der Waals surface area contributed by atoms with Gasteiger partial charge < -0.3 is 10.6 Å². The zero-order valence-electron chi connectivity index (χ0n) is 12.5. The van der Waals surface area contributed by atoms with Crippen molar-refractivity contribution in [3.8, 4) is 0 Å². The summed E-state index contributed by atoms with van der Waals surface area (Å²) >= 11 is 1.68. The number of aryl methyl sites for hydroxylation is 1. The molecule has 0 saturated heterocycles. The van der Waals surface area contributed by atoms with Crippen LogP contribution in [0.5, 0.6) is 0 Å². The van der Waals surface area contributed by atoms with E-state index in [0.29, 0.717) is 12.1 Å². The second-order valence-electron chi connectivity index (χ2n) is 4.75. The van der Waals surface area contributed by atoms with Crippen molar-refractivity contribution in [1.29, 1.82) is 0 Å². The fourth-order valence-electron chi connectivity index (χ4n) is 2.03. The summed E-state index contributed by atoms with van der Waals surface area (Å²) in [5.74, 6) is 0.723. The predicted octanol–water partition coefficient (Wildman–Crippen LogP) is 3.11. The Hall–Kier alpha value is -1.88. The van der Waals surface area contributed by atoms with Crippen LogP contribution in [0.1, 0.15) is 35.5 Å². The molecule has 0 radical (unpaired) electrons. The molecule has 0 saturated carbocycles. The van der Waals surface area contributed by atoms with E-state index in [9.17, 15) is 4.79 Å². The smallest absolute Gasteiger partial charge is 0.251 e. The van der Waals surface area contributed by atoms with Gasteiger partial charge in [0.2, 0.25) is 0 Å². The number of pyridine rings is 1. The summed E-state index contributed by atoms with van der Waals surface area (Å²) in [6.07, 6.45) is 1.68. The molecule has 112 valence electrons. The van der Waals surface area contributed by atoms with E-state index in [1.165, 1.54) is 5.56 Å². The van der Waals surface area contributed by atoms with Crippen molar-refractivity contribution in [3.63, 3.8) is 0 Å². The first-order valence-corrected chi connectivity index (χ1v) is 8.21. The molecule has 21 heavy (non-hydrogen) atoms. The Labute approximate surface area is 129 Å². The van der Waals surface area contributed by atoms with Gasteiger partial charge in [-0.15, -0.1) is 0 Å². The Balaban J connectivity index is 1.98. The minimum Gasteiger partial charge on any atom is -0.370 e. The van der Waals surface area contributed by atoms with Crippen molar-refractivity contribution in [1.82, 2.24) is 10.3 Å². The number of anilines is 1. The standard InChI is InChI=1S/C16H21N3OS/c1-3-14-9-13(10-15(19-14)17-4-2)16(20)18-7-5-12-6-8-21-11-12/h6,8-11H,3-5,7H2,1-2H3,(H,17,19)(H,18,20). The highest BCUT2D eigenvalue weighted by molar-refractivity contribution is 7.07. The van der Waals surface area contributed by atoms with Gasteiger partial charge in [-0.2, -0.15) is 11.3 Å². The lowest BCUT2D eigenvalue weighted by Crippen LogP contribution is -2.26. The van der Waals surface area contributed by atoms with Crippen LogP contribution in [0.25, 0.3) is 0 Å². The van der Waals surface area contributed by atoms with E-state index < -0.39 is 0 Å². The first kappa shape index (κ1) is 15.5. The van der Waals surface area contributed by atoms with Crippen LogP contribution < -0.4 is 10.6 Å². The maximum Gasteiger partial charge on any atom is 0.251 e. The van der Waals surface area contributed by atoms with Gasteiger partial charge in [-0.3, -0.25) is 4.79 Å². The largest absolute Gasteiger partial charge is 0.370 e. The molecule has 0 bridgehead atoms. The summed E-state index contributed by atoms with van der Waals surface area (Å²) in [7, 11) is 0. The number of carbonyl (C=O) groups excluding carboxylic acids is 1. The van der Waals surface area contributed by atoms with Crippen LogP contribution in [0.15, 0.2) is 29.0 Å². The summed E-state index contributed by atoms with van der Waals surface area (Å²) in [6.45, 7) is 5.49. The molecule has 0 atom stereocenters. The van der Waals surface area contributed by atoms with Crippen LogP contribution in [0.2, 0.25) is 0 Å². The van der Waals surface area contributed by atoms with Crippen molar-refractivity contribution in [2.24, 2.45) is 0 Å². The summed E-state index contributed by atoms with van der Waals surface area (Å²) in [5, 5.41) is 10.3. The van der Waals surface area contributed by atoms with Gasteiger partial charge in [0, 0.05) is 24.3 Å². The maximum atomic E-state index is 12.2. The van der Waals surface area contributed by atoms with Crippen LogP contribution in [-0.4, -0.2) is 24.0 Å². The fourth-order valence-corrected chi connectivity index (χ4v) is 2.73. The van der Waals surface area contributed by atoms with E-state index in [-0.39, 0.29) is 5.91 Å². The molecule has 0 unspecified atom stereocenters. The Morgan fingerprint density at radius 2 is 2.19 bits per heavy atom. The molecule has 0 aliphatic rings. The third-order valence-electron chi connectivity index (χ3n) is 3.14. The van der Waals surface area contributed by atoms with Gasteiger partial charge in [0.15, 0.2) is 0 Å². The third-order valence-corrected chi connectivity index (χ3v) is 3.87. The first-order chi connectivity index (χ1) is 10.2. The molecule has 0 aliphatic carbocycles. The van der Waals surface area contributed by atoms with Gasteiger partial charge in [0.25, 0.3) is 5.91 Å². The van der Waals surface area contributed by atoms with Crippen molar-refractivity contribution >= 4 is 23.1 Å². The van der Waals surface area contributed by atoms with E-state index in [4.69, 9.17) is 0 Å². The molecule has 4 nitrogen and oxygen atoms in total. The number of aromatic nitrogens is 1. The van der Waals surface area contributed by atoms with Crippen LogP contribution in [-0.2, 0) is 12.8 Å². The second kappa shape index (κ2) is 7.78. The van der Waals surface area contributed by atoms with Gasteiger partial charge >= 0.3 is 0 Å². The van der Waals surface area contributed by atoms with Crippen LogP contribution in [0, 0.1) is 0 Å². The van der Waals surface area contributed by atoms with E-state index in [1.54, 1.807) is 11.3 Å². The number of thiophene rings is 1. The molecule has 1 amide bonds. The van der Waals surface area contributed by atoms with Crippen molar-refractivity contribution in [3.05, 3.63) is 45.8 Å². The number of carbonyl (C=O) groups is 1. The average Bonchev–Trinajstić information content (AvgIpc) is 3.00. The van der Waals surface area contributed by atoms with Crippen molar-refractivity contribution < 1.29 is 4.79 Å². The summed E-state index contributed by atoms with van der Waals surface area (Å²) in [6, 6.07) is 5.76. The summed E-state index contributed by atoms with van der Waals surface area (Å²) in [5.41, 5.74) is 2.86. The SMILES string of the molecule is CCNc1cc(C(=O)NCCc2ccsc2)cc(CC)n1. The van der Waals surface area contributed by atoms with E-state index >= 15 is 0 Å². The normalized spacial score (nSPS) is 10.4. The molecule has 0 spiro atoms. The maximum absolute atomic E-state index is 12.2. The zero-order chi connectivity index (χ0) is 15.1. The molecule has 2 rings (SSSR count). The quantitative estimate of drug-likeness (QED) is 0.826. The van der Waals surface area contributed by atoms with Gasteiger partial charge in [-0.25, -0.2) is 4.98 Å². The lowest BCUT2D eigenvalue weighted by Gasteiger charge is -2.09. The molecular weight excluding hydrogens is 282 g/mol. The Bertz CT molecular complexity index is 581. The van der Waals surface area contributed by atoms with Crippen molar-refractivity contribution in [2.75, 3.05) is 18.4 Å². The van der Waals surface area contributed by atoms with Crippen molar-refractivity contribution in [2.45, 2.75) is 26.7 Å². The lowest BCUT2D eigenvalue weighted by atomic mass is 10.1. The van der Waals surface area contributed by atoms with E-state index in [0.717, 1.165) is 30.9 Å². The number of rotatable bonds is 7. The molecule has 2 aromatic heterocycles. The Kier molecular flexibility index (Phi) is 5.75. The van der Waals surface area contributed by atoms with Crippen LogP contribution in [0.3, 0.4) is 0 Å².